The second-order valence-corrected chi connectivity index (χ2v) is 8.63. The summed E-state index contributed by atoms with van der Waals surface area (Å²) in [5, 5.41) is 1.53. The van der Waals surface area contributed by atoms with E-state index < -0.39 is 0 Å². The highest BCUT2D eigenvalue weighted by molar-refractivity contribution is 9.10. The van der Waals surface area contributed by atoms with Crippen LogP contribution in [0.1, 0.15) is 18.2 Å². The summed E-state index contributed by atoms with van der Waals surface area (Å²) in [6.45, 7) is 4.04. The first-order valence-electron chi connectivity index (χ1n) is 7.47. The molecule has 1 aromatic carbocycles. The summed E-state index contributed by atoms with van der Waals surface area (Å²) >= 11 is 6.54. The molecule has 0 aliphatic carbocycles. The smallest absolute Gasteiger partial charge is 0.230 e. The van der Waals surface area contributed by atoms with Crippen LogP contribution in [0.5, 0.6) is 0 Å². The second kappa shape index (κ2) is 7.21. The van der Waals surface area contributed by atoms with E-state index >= 15 is 0 Å². The first kappa shape index (κ1) is 17.4. The fourth-order valence-corrected chi connectivity index (χ4v) is 4.87. The molecule has 124 valence electrons. The number of benzene rings is 1. The number of hydrogen-bond donors (Lipinski definition) is 1. The molecule has 2 heterocycles. The van der Waals surface area contributed by atoms with Crippen molar-refractivity contribution in [3.8, 4) is 11.1 Å². The third kappa shape index (κ3) is 3.34. The van der Waals surface area contributed by atoms with Gasteiger partial charge in [-0.15, -0.1) is 11.3 Å². The Morgan fingerprint density at radius 1 is 1.33 bits per heavy atom. The summed E-state index contributed by atoms with van der Waals surface area (Å²) in [6, 6.07) is 8.19. The van der Waals surface area contributed by atoms with Crippen LogP contribution in [0.4, 0.5) is 0 Å². The molecule has 1 amide bonds. The van der Waals surface area contributed by atoms with Gasteiger partial charge in [0.1, 0.15) is 16.2 Å². The van der Waals surface area contributed by atoms with E-state index in [1.54, 1.807) is 17.7 Å². The second-order valence-electron chi connectivity index (χ2n) is 5.32. The minimum absolute atomic E-state index is 0.291. The Kier molecular flexibility index (Phi) is 5.22. The van der Waals surface area contributed by atoms with Crippen molar-refractivity contribution >= 4 is 55.2 Å². The number of thiophene rings is 1. The number of hydrogen-bond acceptors (Lipinski definition) is 5. The summed E-state index contributed by atoms with van der Waals surface area (Å²) in [5.41, 5.74) is 7.75. The van der Waals surface area contributed by atoms with Crippen LogP contribution in [0, 0.1) is 6.92 Å². The Labute approximate surface area is 157 Å². The number of carbonyl (C=O) groups excluding carboxylic acids is 1. The number of nitrogens with zero attached hydrogens (tertiary/aromatic N) is 2. The lowest BCUT2D eigenvalue weighted by atomic mass is 10.0. The maximum atomic E-state index is 11.6. The number of aryl methyl sites for hydroxylation is 1. The van der Waals surface area contributed by atoms with E-state index in [1.807, 2.05) is 19.1 Å². The predicted molar refractivity (Wildman–Crippen MR) is 104 cm³/mol. The number of amides is 1. The van der Waals surface area contributed by atoms with E-state index in [1.165, 1.54) is 16.6 Å². The van der Waals surface area contributed by atoms with E-state index in [0.29, 0.717) is 6.42 Å². The Morgan fingerprint density at radius 3 is 2.67 bits per heavy atom. The lowest BCUT2D eigenvalue weighted by molar-refractivity contribution is -0.117. The zero-order chi connectivity index (χ0) is 17.3. The average molecular weight is 422 g/mol. The van der Waals surface area contributed by atoms with Gasteiger partial charge in [-0.1, -0.05) is 46.7 Å². The normalized spacial score (nSPS) is 12.5. The van der Waals surface area contributed by atoms with Crippen LogP contribution >= 0.6 is 39.0 Å². The number of rotatable bonds is 5. The lowest BCUT2D eigenvalue weighted by Gasteiger charge is -2.11. The summed E-state index contributed by atoms with van der Waals surface area (Å²) in [7, 11) is 0. The van der Waals surface area contributed by atoms with Crippen LogP contribution in [0.3, 0.4) is 0 Å². The van der Waals surface area contributed by atoms with Gasteiger partial charge in [0.15, 0.2) is 0 Å². The van der Waals surface area contributed by atoms with Gasteiger partial charge < -0.3 is 5.73 Å². The Balaban J connectivity index is 2.17. The van der Waals surface area contributed by atoms with E-state index in [-0.39, 0.29) is 11.2 Å². The Bertz CT molecular complexity index is 893. The lowest BCUT2D eigenvalue weighted by Crippen LogP contribution is -2.24. The Morgan fingerprint density at radius 2 is 2.04 bits per heavy atom. The zero-order valence-corrected chi connectivity index (χ0v) is 16.5. The number of carbonyl (C=O) groups is 1. The van der Waals surface area contributed by atoms with E-state index in [4.69, 9.17) is 5.73 Å². The van der Waals surface area contributed by atoms with Gasteiger partial charge in [0.25, 0.3) is 0 Å². The minimum atomic E-state index is -0.314. The topological polar surface area (TPSA) is 68.9 Å². The summed E-state index contributed by atoms with van der Waals surface area (Å²) in [5.74, 6) is -0.314. The molecule has 1 atom stereocenters. The molecule has 2 N–H and O–H groups in total. The monoisotopic (exact) mass is 421 g/mol. The third-order valence-corrected chi connectivity index (χ3v) is 6.63. The van der Waals surface area contributed by atoms with Crippen LogP contribution in [-0.2, 0) is 4.79 Å². The van der Waals surface area contributed by atoms with Crippen molar-refractivity contribution in [1.82, 2.24) is 9.97 Å². The molecular weight excluding hydrogens is 406 g/mol. The zero-order valence-electron chi connectivity index (χ0n) is 13.2. The largest absolute Gasteiger partial charge is 0.369 e. The first-order chi connectivity index (χ1) is 11.5. The fraction of sp³-hybridized carbons (Fsp3) is 0.235. The summed E-state index contributed by atoms with van der Waals surface area (Å²) < 4.78 is 1.04. The standard InChI is InChI=1S/C17H16BrN3OS2/c1-3-12(15(19)22)24-17-14-13(10-4-6-11(18)7-5-10)9(2)23-16(14)20-8-21-17/h4-8,12H,3H2,1-2H3,(H2,19,22). The maximum absolute atomic E-state index is 11.6. The fourth-order valence-electron chi connectivity index (χ4n) is 2.55. The average Bonchev–Trinajstić information content (AvgIpc) is 2.89. The van der Waals surface area contributed by atoms with E-state index in [9.17, 15) is 4.79 Å². The van der Waals surface area contributed by atoms with E-state index in [0.717, 1.165) is 30.8 Å². The molecule has 0 fully saturated rings. The van der Waals surface area contributed by atoms with Crippen molar-refractivity contribution < 1.29 is 4.79 Å². The van der Waals surface area contributed by atoms with Gasteiger partial charge >= 0.3 is 0 Å². The van der Waals surface area contributed by atoms with Crippen LogP contribution < -0.4 is 5.73 Å². The van der Waals surface area contributed by atoms with Crippen molar-refractivity contribution in [3.05, 3.63) is 39.9 Å². The number of primary amides is 1. The molecule has 3 rings (SSSR count). The molecule has 0 saturated heterocycles. The third-order valence-electron chi connectivity index (χ3n) is 3.70. The molecule has 7 heteroatoms. The van der Waals surface area contributed by atoms with Gasteiger partial charge in [-0.2, -0.15) is 0 Å². The van der Waals surface area contributed by atoms with Crippen molar-refractivity contribution in [2.75, 3.05) is 0 Å². The maximum Gasteiger partial charge on any atom is 0.230 e. The number of thioether (sulfide) groups is 1. The molecular formula is C17H16BrN3OS2. The predicted octanol–water partition coefficient (Wildman–Crippen LogP) is 4.79. The molecule has 0 spiro atoms. The molecule has 24 heavy (non-hydrogen) atoms. The molecule has 0 aliphatic heterocycles. The van der Waals surface area contributed by atoms with Crippen LogP contribution in [0.2, 0.25) is 0 Å². The van der Waals surface area contributed by atoms with Crippen LogP contribution in [0.15, 0.2) is 40.1 Å². The molecule has 0 radical (unpaired) electrons. The minimum Gasteiger partial charge on any atom is -0.369 e. The van der Waals surface area contributed by atoms with Crippen LogP contribution in [-0.4, -0.2) is 21.1 Å². The summed E-state index contributed by atoms with van der Waals surface area (Å²) in [6.07, 6.45) is 2.22. The van der Waals surface area contributed by atoms with Gasteiger partial charge in [0, 0.05) is 14.9 Å². The Hall–Kier alpha value is -1.44. The number of aromatic nitrogens is 2. The molecule has 3 aromatic rings. The van der Waals surface area contributed by atoms with Crippen molar-refractivity contribution in [2.24, 2.45) is 5.73 Å². The number of halogens is 1. The van der Waals surface area contributed by atoms with Gasteiger partial charge in [-0.25, -0.2) is 9.97 Å². The molecule has 2 aromatic heterocycles. The van der Waals surface area contributed by atoms with E-state index in [2.05, 4.69) is 45.0 Å². The van der Waals surface area contributed by atoms with Crippen molar-refractivity contribution in [1.29, 1.82) is 0 Å². The molecule has 0 aliphatic rings. The SMILES string of the molecule is CCC(Sc1ncnc2sc(C)c(-c3ccc(Br)cc3)c12)C(N)=O. The quantitative estimate of drug-likeness (QED) is 0.474. The van der Waals surface area contributed by atoms with Gasteiger partial charge in [-0.3, -0.25) is 4.79 Å². The summed E-state index contributed by atoms with van der Waals surface area (Å²) in [4.78, 5) is 22.6. The highest BCUT2D eigenvalue weighted by Gasteiger charge is 2.21. The molecule has 1 unspecified atom stereocenters. The molecule has 4 nitrogen and oxygen atoms in total. The van der Waals surface area contributed by atoms with Crippen LogP contribution in [0.25, 0.3) is 21.3 Å². The highest BCUT2D eigenvalue weighted by Crippen LogP contribution is 2.42. The number of fused-ring (bicyclic) bond motifs is 1. The van der Waals surface area contributed by atoms with Gasteiger partial charge in [0.2, 0.25) is 5.91 Å². The molecule has 0 bridgehead atoms. The van der Waals surface area contributed by atoms with Crippen molar-refractivity contribution in [2.45, 2.75) is 30.5 Å². The number of nitrogens with two attached hydrogens (primary N) is 1. The molecule has 0 saturated carbocycles. The van der Waals surface area contributed by atoms with Crippen molar-refractivity contribution in [3.63, 3.8) is 0 Å². The van der Waals surface area contributed by atoms with Gasteiger partial charge in [-0.05, 0) is 31.0 Å². The first-order valence-corrected chi connectivity index (χ1v) is 9.96. The highest BCUT2D eigenvalue weighted by atomic mass is 79.9. The van der Waals surface area contributed by atoms with Gasteiger partial charge in [0.05, 0.1) is 10.6 Å².